The second kappa shape index (κ2) is 6.31. The van der Waals surface area contributed by atoms with Crippen LogP contribution in [-0.4, -0.2) is 18.7 Å². The molecule has 1 unspecified atom stereocenters. The maximum atomic E-state index is 11.8. The van der Waals surface area contributed by atoms with Crippen LogP contribution in [-0.2, 0) is 13.0 Å². The molecular formula is C17H18N2O2. The van der Waals surface area contributed by atoms with Crippen LogP contribution in [0.5, 0.6) is 5.75 Å². The molecule has 0 fully saturated rings. The van der Waals surface area contributed by atoms with Gasteiger partial charge < -0.3 is 15.4 Å². The number of para-hydroxylation sites is 1. The van der Waals surface area contributed by atoms with Crippen molar-refractivity contribution in [2.75, 3.05) is 6.54 Å². The van der Waals surface area contributed by atoms with Gasteiger partial charge in [-0.05, 0) is 17.2 Å². The van der Waals surface area contributed by atoms with Crippen LogP contribution in [0.25, 0.3) is 0 Å². The molecule has 1 atom stereocenters. The molecule has 0 saturated carbocycles. The van der Waals surface area contributed by atoms with Gasteiger partial charge in [-0.2, -0.15) is 0 Å². The van der Waals surface area contributed by atoms with Crippen molar-refractivity contribution in [3.63, 3.8) is 0 Å². The first-order valence-electron chi connectivity index (χ1n) is 7.11. The Bertz CT molecular complexity index is 588. The van der Waals surface area contributed by atoms with Gasteiger partial charge in [-0.1, -0.05) is 48.5 Å². The maximum absolute atomic E-state index is 11.8. The van der Waals surface area contributed by atoms with Gasteiger partial charge in [0, 0.05) is 13.0 Å². The number of amides is 2. The number of carbonyl (C=O) groups excluding carboxylic acids is 1. The molecule has 0 aliphatic carbocycles. The average molecular weight is 282 g/mol. The normalized spacial score (nSPS) is 15.9. The van der Waals surface area contributed by atoms with E-state index < -0.39 is 0 Å². The van der Waals surface area contributed by atoms with Gasteiger partial charge in [-0.25, -0.2) is 4.79 Å². The molecule has 21 heavy (non-hydrogen) atoms. The Morgan fingerprint density at radius 2 is 1.81 bits per heavy atom. The number of carbonyl (C=O) groups is 1. The predicted octanol–water partition coefficient (Wildman–Crippen LogP) is 2.49. The second-order valence-corrected chi connectivity index (χ2v) is 5.10. The van der Waals surface area contributed by atoms with Crippen molar-refractivity contribution < 1.29 is 9.53 Å². The Labute approximate surface area is 124 Å². The van der Waals surface area contributed by atoms with Crippen molar-refractivity contribution in [3.8, 4) is 5.75 Å². The zero-order valence-corrected chi connectivity index (χ0v) is 11.7. The summed E-state index contributed by atoms with van der Waals surface area (Å²) in [6.45, 7) is 1.04. The van der Waals surface area contributed by atoms with Crippen molar-refractivity contribution >= 4 is 6.03 Å². The highest BCUT2D eigenvalue weighted by molar-refractivity contribution is 5.73. The highest BCUT2D eigenvalue weighted by Crippen LogP contribution is 2.27. The lowest BCUT2D eigenvalue weighted by Crippen LogP contribution is -2.40. The number of ether oxygens (including phenoxy) is 1. The second-order valence-electron chi connectivity index (χ2n) is 5.10. The zero-order valence-electron chi connectivity index (χ0n) is 11.7. The Kier molecular flexibility index (Phi) is 4.05. The van der Waals surface area contributed by atoms with Crippen LogP contribution >= 0.6 is 0 Å². The van der Waals surface area contributed by atoms with Gasteiger partial charge in [-0.15, -0.1) is 0 Å². The van der Waals surface area contributed by atoms with Crippen LogP contribution in [0, 0.1) is 0 Å². The number of urea groups is 1. The van der Waals surface area contributed by atoms with Gasteiger partial charge in [-0.3, -0.25) is 0 Å². The minimum atomic E-state index is -0.168. The van der Waals surface area contributed by atoms with E-state index in [1.807, 2.05) is 48.5 Å². The average Bonchev–Trinajstić information content (AvgIpc) is 2.95. The van der Waals surface area contributed by atoms with Crippen molar-refractivity contribution in [3.05, 3.63) is 65.7 Å². The van der Waals surface area contributed by atoms with Gasteiger partial charge in [0.2, 0.25) is 0 Å². The van der Waals surface area contributed by atoms with E-state index >= 15 is 0 Å². The summed E-state index contributed by atoms with van der Waals surface area (Å²) in [5, 5.41) is 5.69. The van der Waals surface area contributed by atoms with E-state index in [9.17, 15) is 4.79 Å². The van der Waals surface area contributed by atoms with Crippen molar-refractivity contribution in [1.29, 1.82) is 0 Å². The topological polar surface area (TPSA) is 50.4 Å². The Balaban J connectivity index is 1.41. The van der Waals surface area contributed by atoms with E-state index in [0.717, 1.165) is 17.7 Å². The van der Waals surface area contributed by atoms with E-state index in [1.165, 1.54) is 5.56 Å². The fourth-order valence-corrected chi connectivity index (χ4v) is 2.42. The lowest BCUT2D eigenvalue weighted by molar-refractivity contribution is 0.214. The molecule has 0 aromatic heterocycles. The highest BCUT2D eigenvalue weighted by Gasteiger charge is 2.22. The summed E-state index contributed by atoms with van der Waals surface area (Å²) in [4.78, 5) is 11.8. The SMILES string of the molecule is O=C(NCc1ccccc1)NCC1Cc2ccccc2O1. The van der Waals surface area contributed by atoms with Crippen LogP contribution in [0.4, 0.5) is 4.79 Å². The summed E-state index contributed by atoms with van der Waals surface area (Å²) in [5.41, 5.74) is 2.28. The van der Waals surface area contributed by atoms with Crippen LogP contribution in [0.3, 0.4) is 0 Å². The first-order chi connectivity index (χ1) is 10.3. The molecule has 1 aliphatic heterocycles. The minimum Gasteiger partial charge on any atom is -0.488 e. The summed E-state index contributed by atoms with van der Waals surface area (Å²) in [6, 6.07) is 17.7. The van der Waals surface area contributed by atoms with Crippen molar-refractivity contribution in [2.24, 2.45) is 0 Å². The van der Waals surface area contributed by atoms with Crippen molar-refractivity contribution in [1.82, 2.24) is 10.6 Å². The monoisotopic (exact) mass is 282 g/mol. The summed E-state index contributed by atoms with van der Waals surface area (Å²) in [5.74, 6) is 0.925. The van der Waals surface area contributed by atoms with E-state index in [2.05, 4.69) is 16.7 Å². The zero-order chi connectivity index (χ0) is 14.5. The first-order valence-corrected chi connectivity index (χ1v) is 7.11. The third-order valence-corrected chi connectivity index (χ3v) is 3.50. The molecule has 1 heterocycles. The predicted molar refractivity (Wildman–Crippen MR) is 81.2 cm³/mol. The molecule has 2 aromatic rings. The maximum Gasteiger partial charge on any atom is 0.315 e. The third-order valence-electron chi connectivity index (χ3n) is 3.50. The summed E-state index contributed by atoms with van der Waals surface area (Å²) >= 11 is 0. The molecular weight excluding hydrogens is 264 g/mol. The fourth-order valence-electron chi connectivity index (χ4n) is 2.42. The Morgan fingerprint density at radius 3 is 2.62 bits per heavy atom. The molecule has 1 aliphatic rings. The molecule has 0 saturated heterocycles. The van der Waals surface area contributed by atoms with Gasteiger partial charge in [0.15, 0.2) is 0 Å². The summed E-state index contributed by atoms with van der Waals surface area (Å²) in [6.07, 6.45) is 0.861. The molecule has 0 bridgehead atoms. The first kappa shape index (κ1) is 13.5. The summed E-state index contributed by atoms with van der Waals surface area (Å²) in [7, 11) is 0. The Morgan fingerprint density at radius 1 is 1.05 bits per heavy atom. The van der Waals surface area contributed by atoms with Crippen molar-refractivity contribution in [2.45, 2.75) is 19.1 Å². The van der Waals surface area contributed by atoms with E-state index in [4.69, 9.17) is 4.74 Å². The molecule has 2 aromatic carbocycles. The number of benzene rings is 2. The quantitative estimate of drug-likeness (QED) is 0.905. The third kappa shape index (κ3) is 3.54. The highest BCUT2D eigenvalue weighted by atomic mass is 16.5. The van der Waals surface area contributed by atoms with Gasteiger partial charge in [0.05, 0.1) is 6.54 Å². The molecule has 108 valence electrons. The molecule has 2 N–H and O–H groups in total. The van der Waals surface area contributed by atoms with E-state index in [1.54, 1.807) is 0 Å². The van der Waals surface area contributed by atoms with Gasteiger partial charge >= 0.3 is 6.03 Å². The fraction of sp³-hybridized carbons (Fsp3) is 0.235. The largest absolute Gasteiger partial charge is 0.488 e. The standard InChI is InChI=1S/C17H18N2O2/c20-17(18-11-13-6-2-1-3-7-13)19-12-15-10-14-8-4-5-9-16(14)21-15/h1-9,15H,10-12H2,(H2,18,19,20). The summed E-state index contributed by atoms with van der Waals surface area (Å²) < 4.78 is 5.78. The molecule has 4 heteroatoms. The molecule has 4 nitrogen and oxygen atoms in total. The minimum absolute atomic E-state index is 0.0184. The van der Waals surface area contributed by atoms with Crippen LogP contribution in [0.2, 0.25) is 0 Å². The number of hydrogen-bond donors (Lipinski definition) is 2. The number of rotatable bonds is 4. The van der Waals surface area contributed by atoms with Gasteiger partial charge in [0.25, 0.3) is 0 Å². The molecule has 0 spiro atoms. The molecule has 3 rings (SSSR count). The van der Waals surface area contributed by atoms with E-state index in [-0.39, 0.29) is 12.1 Å². The van der Waals surface area contributed by atoms with Gasteiger partial charge in [0.1, 0.15) is 11.9 Å². The van der Waals surface area contributed by atoms with E-state index in [0.29, 0.717) is 13.1 Å². The molecule has 0 radical (unpaired) electrons. The number of fused-ring (bicyclic) bond motifs is 1. The van der Waals surface area contributed by atoms with Crippen LogP contribution < -0.4 is 15.4 Å². The van der Waals surface area contributed by atoms with Crippen LogP contribution in [0.1, 0.15) is 11.1 Å². The lowest BCUT2D eigenvalue weighted by atomic mass is 10.1. The number of nitrogens with one attached hydrogen (secondary N) is 2. The van der Waals surface area contributed by atoms with Crippen LogP contribution in [0.15, 0.2) is 54.6 Å². The Hall–Kier alpha value is -2.49. The molecule has 2 amide bonds. The smallest absolute Gasteiger partial charge is 0.315 e. The lowest BCUT2D eigenvalue weighted by Gasteiger charge is -2.12. The number of hydrogen-bond acceptors (Lipinski definition) is 2.